The summed E-state index contributed by atoms with van der Waals surface area (Å²) in [5, 5.41) is 0. The van der Waals surface area contributed by atoms with Gasteiger partial charge in [-0.15, -0.1) is 0 Å². The molecule has 3 aromatic carbocycles. The van der Waals surface area contributed by atoms with Crippen LogP contribution in [0.25, 0.3) is 11.1 Å². The molecule has 3 N–H and O–H groups in total. The zero-order valence-electron chi connectivity index (χ0n) is 18.7. The van der Waals surface area contributed by atoms with Crippen molar-refractivity contribution >= 4 is 35.3 Å². The molecule has 4 rings (SSSR count). The van der Waals surface area contributed by atoms with E-state index in [-0.39, 0.29) is 0 Å². The van der Waals surface area contributed by atoms with Gasteiger partial charge in [0.05, 0.1) is 0 Å². The number of anilines is 2. The van der Waals surface area contributed by atoms with Gasteiger partial charge in [-0.3, -0.25) is 9.29 Å². The standard InChI is InChI=1S/C26H27N5S2/c1-31(2)33-24-9-5-8-21(17-24)25-10-3-4-11-26(25)32-30-23-14-12-22(13-15-23)29-28-19-20-7-6-16-27-18-20/h3-18,28-30H,19H2,1-2H3. The van der Waals surface area contributed by atoms with E-state index in [2.05, 4.69) is 99.6 Å². The van der Waals surface area contributed by atoms with Crippen LogP contribution in [-0.4, -0.2) is 23.4 Å². The molecule has 0 aliphatic carbocycles. The first kappa shape index (κ1) is 23.2. The Hall–Kier alpha value is -2.97. The third-order valence-electron chi connectivity index (χ3n) is 4.73. The zero-order chi connectivity index (χ0) is 22.9. The smallest absolute Gasteiger partial charge is 0.0489 e. The molecule has 0 spiro atoms. The number of hydrogen-bond acceptors (Lipinski definition) is 7. The minimum atomic E-state index is 0.703. The van der Waals surface area contributed by atoms with Crippen LogP contribution in [0, 0.1) is 0 Å². The number of hydrazine groups is 1. The van der Waals surface area contributed by atoms with Crippen LogP contribution in [-0.2, 0) is 6.54 Å². The molecule has 0 atom stereocenters. The second-order valence-electron chi connectivity index (χ2n) is 7.55. The topological polar surface area (TPSA) is 52.2 Å². The zero-order valence-corrected chi connectivity index (χ0v) is 20.3. The average Bonchev–Trinajstić information content (AvgIpc) is 2.84. The van der Waals surface area contributed by atoms with E-state index in [1.165, 1.54) is 20.9 Å². The highest BCUT2D eigenvalue weighted by atomic mass is 32.2. The SMILES string of the molecule is CN(C)Sc1cccc(-c2ccccc2SNc2ccc(NNCc3cccnc3)cc2)c1. The fraction of sp³-hybridized carbons (Fsp3) is 0.115. The average molecular weight is 474 g/mol. The molecule has 0 radical (unpaired) electrons. The number of benzene rings is 3. The second kappa shape index (κ2) is 11.8. The molecule has 0 fully saturated rings. The third kappa shape index (κ3) is 7.00. The molecule has 0 bridgehead atoms. The summed E-state index contributed by atoms with van der Waals surface area (Å²) in [4.78, 5) is 6.54. The van der Waals surface area contributed by atoms with Crippen molar-refractivity contribution in [1.29, 1.82) is 0 Å². The van der Waals surface area contributed by atoms with Crippen LogP contribution in [0.4, 0.5) is 11.4 Å². The van der Waals surface area contributed by atoms with Crippen LogP contribution in [0.3, 0.4) is 0 Å². The van der Waals surface area contributed by atoms with Crippen molar-refractivity contribution in [2.45, 2.75) is 16.3 Å². The molecule has 1 aromatic heterocycles. The summed E-state index contributed by atoms with van der Waals surface area (Å²) < 4.78 is 5.58. The van der Waals surface area contributed by atoms with E-state index >= 15 is 0 Å². The molecule has 0 aliphatic heterocycles. The Morgan fingerprint density at radius 1 is 0.848 bits per heavy atom. The molecule has 1 heterocycles. The summed E-state index contributed by atoms with van der Waals surface area (Å²) in [6, 6.07) is 29.4. The van der Waals surface area contributed by atoms with E-state index < -0.39 is 0 Å². The highest BCUT2D eigenvalue weighted by molar-refractivity contribution is 8.00. The maximum Gasteiger partial charge on any atom is 0.0489 e. The van der Waals surface area contributed by atoms with E-state index in [0.29, 0.717) is 6.54 Å². The molecule has 33 heavy (non-hydrogen) atoms. The van der Waals surface area contributed by atoms with Crippen molar-refractivity contribution < 1.29 is 0 Å². The number of pyridine rings is 1. The maximum absolute atomic E-state index is 4.13. The summed E-state index contributed by atoms with van der Waals surface area (Å²) >= 11 is 3.35. The Balaban J connectivity index is 1.36. The van der Waals surface area contributed by atoms with Gasteiger partial charge in [-0.25, -0.2) is 5.43 Å². The molecular formula is C26H27N5S2. The number of nitrogens with zero attached hydrogens (tertiary/aromatic N) is 2. The first-order chi connectivity index (χ1) is 16.2. The van der Waals surface area contributed by atoms with Crippen molar-refractivity contribution in [3.63, 3.8) is 0 Å². The summed E-state index contributed by atoms with van der Waals surface area (Å²) in [5.41, 5.74) is 12.1. The number of aromatic nitrogens is 1. The monoisotopic (exact) mass is 473 g/mol. The predicted octanol–water partition coefficient (Wildman–Crippen LogP) is 6.55. The first-order valence-corrected chi connectivity index (χ1v) is 12.2. The van der Waals surface area contributed by atoms with Crippen LogP contribution in [0.15, 0.2) is 107 Å². The lowest BCUT2D eigenvalue weighted by Crippen LogP contribution is -2.20. The molecule has 0 amide bonds. The summed E-state index contributed by atoms with van der Waals surface area (Å²) in [6.45, 7) is 0.703. The van der Waals surface area contributed by atoms with E-state index in [9.17, 15) is 0 Å². The molecule has 0 saturated carbocycles. The Morgan fingerprint density at radius 3 is 2.45 bits per heavy atom. The van der Waals surface area contributed by atoms with Crippen LogP contribution in [0.2, 0.25) is 0 Å². The highest BCUT2D eigenvalue weighted by Gasteiger charge is 2.07. The lowest BCUT2D eigenvalue weighted by molar-refractivity contribution is 0.703. The second-order valence-corrected chi connectivity index (χ2v) is 9.78. The van der Waals surface area contributed by atoms with Crippen molar-refractivity contribution in [3.8, 4) is 11.1 Å². The van der Waals surface area contributed by atoms with Crippen molar-refractivity contribution in [1.82, 2.24) is 14.7 Å². The van der Waals surface area contributed by atoms with Crippen molar-refractivity contribution in [2.24, 2.45) is 0 Å². The normalized spacial score (nSPS) is 10.9. The van der Waals surface area contributed by atoms with E-state index in [4.69, 9.17) is 0 Å². The molecule has 0 unspecified atom stereocenters. The lowest BCUT2D eigenvalue weighted by atomic mass is 10.1. The van der Waals surface area contributed by atoms with E-state index in [0.717, 1.165) is 16.9 Å². The van der Waals surface area contributed by atoms with Crippen LogP contribution >= 0.6 is 23.9 Å². The van der Waals surface area contributed by atoms with Gasteiger partial charge < -0.3 is 10.1 Å². The van der Waals surface area contributed by atoms with Crippen molar-refractivity contribution in [3.05, 3.63) is 103 Å². The molecule has 7 heteroatoms. The summed E-state index contributed by atoms with van der Waals surface area (Å²) in [5.74, 6) is 0. The van der Waals surface area contributed by atoms with Gasteiger partial charge in [0.2, 0.25) is 0 Å². The van der Waals surface area contributed by atoms with Gasteiger partial charge in [-0.2, -0.15) is 0 Å². The predicted molar refractivity (Wildman–Crippen MR) is 142 cm³/mol. The minimum absolute atomic E-state index is 0.703. The van der Waals surface area contributed by atoms with E-state index in [1.807, 2.05) is 30.5 Å². The van der Waals surface area contributed by atoms with Gasteiger partial charge >= 0.3 is 0 Å². The Kier molecular flexibility index (Phi) is 8.27. The van der Waals surface area contributed by atoms with Gasteiger partial charge in [0.1, 0.15) is 0 Å². The van der Waals surface area contributed by atoms with Crippen molar-refractivity contribution in [2.75, 3.05) is 24.2 Å². The molecule has 5 nitrogen and oxygen atoms in total. The van der Waals surface area contributed by atoms with Gasteiger partial charge in [0.15, 0.2) is 0 Å². The molecule has 168 valence electrons. The molecular weight excluding hydrogens is 446 g/mol. The maximum atomic E-state index is 4.13. The van der Waals surface area contributed by atoms with Gasteiger partial charge in [0.25, 0.3) is 0 Å². The third-order valence-corrected chi connectivity index (χ3v) is 6.48. The molecule has 0 aliphatic rings. The van der Waals surface area contributed by atoms with Crippen LogP contribution < -0.4 is 15.6 Å². The largest absolute Gasteiger partial charge is 0.326 e. The molecule has 0 saturated heterocycles. The Labute approximate surface area is 204 Å². The summed E-state index contributed by atoms with van der Waals surface area (Å²) in [7, 11) is 4.12. The fourth-order valence-corrected chi connectivity index (χ4v) is 4.76. The number of rotatable bonds is 10. The molecule has 4 aromatic rings. The number of hydrogen-bond donors (Lipinski definition) is 3. The van der Waals surface area contributed by atoms with Crippen LogP contribution in [0.1, 0.15) is 5.56 Å². The van der Waals surface area contributed by atoms with Crippen LogP contribution in [0.5, 0.6) is 0 Å². The Bertz CT molecular complexity index is 1150. The lowest BCUT2D eigenvalue weighted by Gasteiger charge is -2.13. The van der Waals surface area contributed by atoms with E-state index in [1.54, 1.807) is 30.1 Å². The summed E-state index contributed by atoms with van der Waals surface area (Å²) in [6.07, 6.45) is 3.63. The fourth-order valence-electron chi connectivity index (χ4n) is 3.21. The minimum Gasteiger partial charge on any atom is -0.326 e. The van der Waals surface area contributed by atoms with Gasteiger partial charge in [-0.05, 0) is 103 Å². The van der Waals surface area contributed by atoms with Gasteiger partial charge in [-0.1, -0.05) is 36.4 Å². The number of nitrogens with one attached hydrogen (secondary N) is 3. The Morgan fingerprint density at radius 2 is 1.67 bits per heavy atom. The quantitative estimate of drug-likeness (QED) is 0.178. The first-order valence-electron chi connectivity index (χ1n) is 10.6. The van der Waals surface area contributed by atoms with Gasteiger partial charge in [0, 0.05) is 40.1 Å². The highest BCUT2D eigenvalue weighted by Crippen LogP contribution is 2.34.